The summed E-state index contributed by atoms with van der Waals surface area (Å²) in [6.45, 7) is -0.433. The first-order chi connectivity index (χ1) is 19.7. The maximum Gasteiger partial charge on any atom is 0.389 e. The number of hydrogen-bond donors (Lipinski definition) is 1. The van der Waals surface area contributed by atoms with Crippen LogP contribution in [0, 0.1) is 0 Å². The lowest BCUT2D eigenvalue weighted by molar-refractivity contribution is -0.0575. The molecule has 4 aromatic rings. The summed E-state index contributed by atoms with van der Waals surface area (Å²) in [7, 11) is 2.87. The summed E-state index contributed by atoms with van der Waals surface area (Å²) >= 11 is 0. The Balaban J connectivity index is 1.45. The first kappa shape index (κ1) is 27.4. The Labute approximate surface area is 232 Å². The average molecular weight is 565 g/mol. The average Bonchev–Trinajstić information content (AvgIpc) is 3.49. The van der Waals surface area contributed by atoms with Crippen LogP contribution in [0.5, 0.6) is 6.01 Å². The molecular weight excluding hydrogens is 538 g/mol. The second-order valence-corrected chi connectivity index (χ2v) is 9.03. The van der Waals surface area contributed by atoms with E-state index in [1.807, 2.05) is 6.92 Å². The Kier molecular flexibility index (Phi) is 7.46. The van der Waals surface area contributed by atoms with Crippen molar-refractivity contribution >= 4 is 23.4 Å². The third-order valence-electron chi connectivity index (χ3n) is 6.67. The van der Waals surface area contributed by atoms with E-state index >= 15 is 0 Å². The second-order valence-electron chi connectivity index (χ2n) is 9.03. The molecule has 4 heterocycles. The van der Waals surface area contributed by atoms with Crippen molar-refractivity contribution in [1.82, 2.24) is 29.6 Å². The van der Waals surface area contributed by atoms with E-state index in [0.717, 1.165) is 20.4 Å². The molecule has 0 atom stereocenters. The Bertz CT molecular complexity index is 1670. The van der Waals surface area contributed by atoms with E-state index in [-0.39, 0.29) is 17.6 Å². The zero-order chi connectivity index (χ0) is 29.3. The molecule has 5 rings (SSSR count). The zero-order valence-electron chi connectivity index (χ0n) is 22.4. The summed E-state index contributed by atoms with van der Waals surface area (Å²) in [6, 6.07) is 11.0. The number of ether oxygens (including phenoxy) is 1. The lowest BCUT2D eigenvalue weighted by Gasteiger charge is -2.21. The van der Waals surface area contributed by atoms with Crippen molar-refractivity contribution in [3.05, 3.63) is 76.5 Å². The van der Waals surface area contributed by atoms with Gasteiger partial charge in [0.1, 0.15) is 5.82 Å². The van der Waals surface area contributed by atoms with Crippen LogP contribution in [0.3, 0.4) is 0 Å². The van der Waals surface area contributed by atoms with Crippen LogP contribution >= 0.6 is 0 Å². The SMILES string of the molecule is CCc1c(-c2ccc(-n3c(OC(F)F)nn(C)c3=O)cn2)ccnc1N1CCN(c2cccc(C(=O)NC)c2)C1=O. The van der Waals surface area contributed by atoms with Crippen molar-refractivity contribution < 1.29 is 23.1 Å². The summed E-state index contributed by atoms with van der Waals surface area (Å²) in [5.41, 5.74) is 2.60. The van der Waals surface area contributed by atoms with E-state index in [1.165, 1.54) is 13.2 Å². The molecule has 0 radical (unpaired) electrons. The largest absolute Gasteiger partial charge is 0.401 e. The molecule has 1 N–H and O–H groups in total. The summed E-state index contributed by atoms with van der Waals surface area (Å²) in [4.78, 5) is 50.2. The summed E-state index contributed by atoms with van der Waals surface area (Å²) in [6.07, 6.45) is 3.48. The number of anilines is 2. The Hall–Kier alpha value is -5.14. The molecule has 0 bridgehead atoms. The maximum atomic E-state index is 13.5. The number of aryl methyl sites for hydroxylation is 1. The zero-order valence-corrected chi connectivity index (χ0v) is 22.4. The predicted molar refractivity (Wildman–Crippen MR) is 146 cm³/mol. The molecule has 1 saturated heterocycles. The Morgan fingerprint density at radius 1 is 1.07 bits per heavy atom. The topological polar surface area (TPSA) is 127 Å². The molecule has 3 aromatic heterocycles. The van der Waals surface area contributed by atoms with E-state index in [2.05, 4.69) is 25.1 Å². The molecule has 1 aliphatic rings. The first-order valence-corrected chi connectivity index (χ1v) is 12.7. The number of benzene rings is 1. The first-order valence-electron chi connectivity index (χ1n) is 12.7. The number of amides is 3. The van der Waals surface area contributed by atoms with Crippen LogP contribution in [0.25, 0.3) is 16.9 Å². The fraction of sp³-hybridized carbons (Fsp3) is 0.259. The molecule has 0 aliphatic carbocycles. The third kappa shape index (κ3) is 5.11. The molecular formula is C27H26F2N8O4. The van der Waals surface area contributed by atoms with Gasteiger partial charge in [-0.25, -0.2) is 23.8 Å². The van der Waals surface area contributed by atoms with Gasteiger partial charge in [0.15, 0.2) is 0 Å². The number of carbonyl (C=O) groups is 2. The molecule has 0 spiro atoms. The molecule has 212 valence electrons. The summed E-state index contributed by atoms with van der Waals surface area (Å²) in [5, 5.41) is 6.29. The second kappa shape index (κ2) is 11.2. The highest BCUT2D eigenvalue weighted by Crippen LogP contribution is 2.33. The van der Waals surface area contributed by atoms with Crippen LogP contribution in [0.1, 0.15) is 22.8 Å². The number of urea groups is 1. The van der Waals surface area contributed by atoms with Gasteiger partial charge in [0, 0.05) is 55.8 Å². The summed E-state index contributed by atoms with van der Waals surface area (Å²) in [5.74, 6) is 0.240. The van der Waals surface area contributed by atoms with Crippen molar-refractivity contribution in [3.8, 4) is 23.0 Å². The molecule has 3 amide bonds. The van der Waals surface area contributed by atoms with Gasteiger partial charge in [0.2, 0.25) is 0 Å². The van der Waals surface area contributed by atoms with E-state index in [4.69, 9.17) is 0 Å². The highest BCUT2D eigenvalue weighted by molar-refractivity contribution is 6.07. The number of nitrogens with one attached hydrogen (secondary N) is 1. The van der Waals surface area contributed by atoms with Gasteiger partial charge in [0.05, 0.1) is 17.6 Å². The van der Waals surface area contributed by atoms with Crippen molar-refractivity contribution in [1.29, 1.82) is 0 Å². The van der Waals surface area contributed by atoms with Gasteiger partial charge >= 0.3 is 24.3 Å². The van der Waals surface area contributed by atoms with Crippen molar-refractivity contribution in [2.24, 2.45) is 7.05 Å². The van der Waals surface area contributed by atoms with E-state index < -0.39 is 18.3 Å². The molecule has 1 fully saturated rings. The number of alkyl halides is 2. The van der Waals surface area contributed by atoms with Gasteiger partial charge in [-0.05, 0) is 42.8 Å². The van der Waals surface area contributed by atoms with Gasteiger partial charge in [-0.1, -0.05) is 13.0 Å². The lowest BCUT2D eigenvalue weighted by atomic mass is 10.0. The van der Waals surface area contributed by atoms with Gasteiger partial charge in [-0.15, -0.1) is 5.10 Å². The number of pyridine rings is 2. The van der Waals surface area contributed by atoms with Crippen molar-refractivity contribution in [2.75, 3.05) is 29.9 Å². The van der Waals surface area contributed by atoms with Gasteiger partial charge < -0.3 is 10.1 Å². The van der Waals surface area contributed by atoms with Crippen LogP contribution in [0.15, 0.2) is 59.7 Å². The molecule has 1 aliphatic heterocycles. The standard InChI is InChI=1S/C27H26F2N8O4/c1-4-19-20(21-9-8-18(15-32-21)37-25(41-24(28)29)33-34(3)26(37)39)10-11-31-22(19)36-13-12-35(27(36)40)17-7-5-6-16(14-17)23(38)30-2/h5-11,14-15,24H,4,12-13H2,1-3H3,(H,30,38). The van der Waals surface area contributed by atoms with Crippen LogP contribution in [-0.2, 0) is 13.5 Å². The molecule has 0 unspecified atom stereocenters. The fourth-order valence-electron chi connectivity index (χ4n) is 4.73. The van der Waals surface area contributed by atoms with E-state index in [0.29, 0.717) is 42.3 Å². The maximum absolute atomic E-state index is 13.5. The minimum atomic E-state index is -3.16. The molecule has 14 heteroatoms. The van der Waals surface area contributed by atoms with Crippen LogP contribution in [0.2, 0.25) is 0 Å². The smallest absolute Gasteiger partial charge is 0.389 e. The highest BCUT2D eigenvalue weighted by Gasteiger charge is 2.33. The van der Waals surface area contributed by atoms with Crippen molar-refractivity contribution in [2.45, 2.75) is 20.0 Å². The Morgan fingerprint density at radius 3 is 2.54 bits per heavy atom. The number of hydrogen-bond acceptors (Lipinski definition) is 7. The quantitative estimate of drug-likeness (QED) is 0.349. The molecule has 41 heavy (non-hydrogen) atoms. The normalized spacial score (nSPS) is 13.3. The summed E-state index contributed by atoms with van der Waals surface area (Å²) < 4.78 is 31.9. The number of nitrogens with zero attached hydrogens (tertiary/aromatic N) is 7. The van der Waals surface area contributed by atoms with E-state index in [1.54, 1.807) is 65.5 Å². The van der Waals surface area contributed by atoms with Crippen LogP contribution in [0.4, 0.5) is 25.1 Å². The number of carbonyl (C=O) groups excluding carboxylic acids is 2. The number of halogens is 2. The lowest BCUT2D eigenvalue weighted by Crippen LogP contribution is -2.33. The van der Waals surface area contributed by atoms with Gasteiger partial charge in [-0.2, -0.15) is 8.78 Å². The molecule has 1 aromatic carbocycles. The van der Waals surface area contributed by atoms with Crippen LogP contribution in [-0.4, -0.2) is 63.0 Å². The minimum absolute atomic E-state index is 0.194. The molecule has 12 nitrogen and oxygen atoms in total. The Morgan fingerprint density at radius 2 is 1.85 bits per heavy atom. The van der Waals surface area contributed by atoms with Crippen LogP contribution < -0.4 is 25.5 Å². The number of rotatable bonds is 8. The number of aromatic nitrogens is 5. The van der Waals surface area contributed by atoms with E-state index in [9.17, 15) is 23.2 Å². The fourth-order valence-corrected chi connectivity index (χ4v) is 4.73. The minimum Gasteiger partial charge on any atom is -0.401 e. The van der Waals surface area contributed by atoms with Crippen molar-refractivity contribution in [3.63, 3.8) is 0 Å². The van der Waals surface area contributed by atoms with Gasteiger partial charge in [-0.3, -0.25) is 19.6 Å². The third-order valence-corrected chi connectivity index (χ3v) is 6.67. The molecule has 0 saturated carbocycles. The monoisotopic (exact) mass is 564 g/mol. The van der Waals surface area contributed by atoms with Gasteiger partial charge in [0.25, 0.3) is 5.91 Å². The highest BCUT2D eigenvalue weighted by atomic mass is 19.3. The predicted octanol–water partition coefficient (Wildman–Crippen LogP) is 3.00.